The van der Waals surface area contributed by atoms with Gasteiger partial charge in [0.25, 0.3) is 5.91 Å². The van der Waals surface area contributed by atoms with Crippen LogP contribution in [0.2, 0.25) is 0 Å². The summed E-state index contributed by atoms with van der Waals surface area (Å²) < 4.78 is 5.13. The molecule has 122 valence electrons. The molecule has 6 heteroatoms. The molecule has 0 aliphatic rings. The van der Waals surface area contributed by atoms with E-state index in [-0.39, 0.29) is 11.0 Å². The van der Waals surface area contributed by atoms with Crippen molar-refractivity contribution < 1.29 is 9.53 Å². The summed E-state index contributed by atoms with van der Waals surface area (Å²) in [6.45, 7) is 0.443. The number of benzene rings is 1. The number of carbonyl (C=O) groups excluding carboxylic acids is 1. The first-order chi connectivity index (χ1) is 11.7. The molecule has 0 spiro atoms. The minimum absolute atomic E-state index is 0.0884. The Bertz CT molecular complexity index is 920. The highest BCUT2D eigenvalue weighted by molar-refractivity contribution is 5.97. The lowest BCUT2D eigenvalue weighted by Crippen LogP contribution is -2.30. The number of aromatic nitrogens is 2. The number of methoxy groups -OCH3 is 1. The molecule has 3 aromatic rings. The van der Waals surface area contributed by atoms with E-state index in [9.17, 15) is 9.59 Å². The molecule has 2 aromatic heterocycles. The molecule has 0 fully saturated rings. The number of hydrogen-bond donors (Lipinski definition) is 2. The molecule has 24 heavy (non-hydrogen) atoms. The van der Waals surface area contributed by atoms with Crippen molar-refractivity contribution >= 4 is 16.8 Å². The van der Waals surface area contributed by atoms with Crippen LogP contribution in [0.25, 0.3) is 10.9 Å². The molecule has 2 N–H and O–H groups in total. The Morgan fingerprint density at radius 3 is 2.79 bits per heavy atom. The van der Waals surface area contributed by atoms with Crippen molar-refractivity contribution in [1.29, 1.82) is 0 Å². The molecule has 0 saturated heterocycles. The number of pyridine rings is 2. The molecular formula is C18H17N3O3. The second-order valence-electron chi connectivity index (χ2n) is 5.30. The van der Waals surface area contributed by atoms with Crippen molar-refractivity contribution in [1.82, 2.24) is 15.3 Å². The van der Waals surface area contributed by atoms with Crippen molar-refractivity contribution in [2.45, 2.75) is 6.42 Å². The predicted molar refractivity (Wildman–Crippen MR) is 91.4 cm³/mol. The minimum Gasteiger partial charge on any atom is -0.497 e. The number of rotatable bonds is 5. The molecule has 0 unspecified atom stereocenters. The zero-order valence-electron chi connectivity index (χ0n) is 13.2. The largest absolute Gasteiger partial charge is 0.497 e. The van der Waals surface area contributed by atoms with Crippen LogP contribution >= 0.6 is 0 Å². The van der Waals surface area contributed by atoms with Gasteiger partial charge in [-0.2, -0.15) is 0 Å². The van der Waals surface area contributed by atoms with Gasteiger partial charge in [-0.1, -0.05) is 0 Å². The summed E-state index contributed by atoms with van der Waals surface area (Å²) >= 11 is 0. The van der Waals surface area contributed by atoms with E-state index in [2.05, 4.69) is 15.3 Å². The summed E-state index contributed by atoms with van der Waals surface area (Å²) in [6.07, 6.45) is 5.53. The van der Waals surface area contributed by atoms with Crippen LogP contribution in [0.3, 0.4) is 0 Å². The average molecular weight is 323 g/mol. The molecule has 3 rings (SSSR count). The summed E-state index contributed by atoms with van der Waals surface area (Å²) in [4.78, 5) is 31.7. The molecule has 0 aliphatic heterocycles. The fraction of sp³-hybridized carbons (Fsp3) is 0.167. The topological polar surface area (TPSA) is 84.1 Å². The first kappa shape index (κ1) is 15.7. The monoisotopic (exact) mass is 323 g/mol. The third kappa shape index (κ3) is 3.27. The van der Waals surface area contributed by atoms with Crippen LogP contribution < -0.4 is 15.5 Å². The van der Waals surface area contributed by atoms with E-state index in [1.165, 1.54) is 13.3 Å². The Labute approximate surface area is 138 Å². The standard InChI is InChI=1S/C18H17N3O3/c1-24-13-2-3-16-14(10-13)17(22)15(11-21-16)18(23)20-9-6-12-4-7-19-8-5-12/h2-5,7-8,10-11H,6,9H2,1H3,(H,20,23)(H,21,22). The SMILES string of the molecule is COc1ccc2[nH]cc(C(=O)NCCc3ccncc3)c(=O)c2c1. The van der Waals surface area contributed by atoms with Crippen molar-refractivity contribution in [2.24, 2.45) is 0 Å². The van der Waals surface area contributed by atoms with Gasteiger partial charge in [0.1, 0.15) is 11.3 Å². The first-order valence-electron chi connectivity index (χ1n) is 7.55. The van der Waals surface area contributed by atoms with Crippen LogP contribution in [-0.2, 0) is 6.42 Å². The van der Waals surface area contributed by atoms with Crippen LogP contribution in [0.1, 0.15) is 15.9 Å². The number of fused-ring (bicyclic) bond motifs is 1. The first-order valence-corrected chi connectivity index (χ1v) is 7.55. The van der Waals surface area contributed by atoms with Crippen LogP contribution in [-0.4, -0.2) is 29.5 Å². The van der Waals surface area contributed by atoms with E-state index in [0.717, 1.165) is 5.56 Å². The Kier molecular flexibility index (Phi) is 4.56. The second-order valence-corrected chi connectivity index (χ2v) is 5.30. The Hall–Kier alpha value is -3.15. The lowest BCUT2D eigenvalue weighted by Gasteiger charge is -2.07. The summed E-state index contributed by atoms with van der Waals surface area (Å²) in [5.41, 5.74) is 1.51. The molecule has 0 saturated carbocycles. The number of aromatic amines is 1. The number of nitrogens with one attached hydrogen (secondary N) is 2. The quantitative estimate of drug-likeness (QED) is 0.751. The van der Waals surface area contributed by atoms with Gasteiger partial charge in [0, 0.05) is 36.0 Å². The third-order valence-corrected chi connectivity index (χ3v) is 3.78. The van der Waals surface area contributed by atoms with Crippen LogP contribution in [0.15, 0.2) is 53.7 Å². The normalized spacial score (nSPS) is 10.5. The van der Waals surface area contributed by atoms with E-state index >= 15 is 0 Å². The van der Waals surface area contributed by atoms with Gasteiger partial charge < -0.3 is 15.0 Å². The smallest absolute Gasteiger partial charge is 0.256 e. The summed E-state index contributed by atoms with van der Waals surface area (Å²) in [5, 5.41) is 3.20. The van der Waals surface area contributed by atoms with Gasteiger partial charge in [-0.3, -0.25) is 14.6 Å². The maximum absolute atomic E-state index is 12.5. The zero-order valence-corrected chi connectivity index (χ0v) is 13.2. The molecule has 1 aromatic carbocycles. The maximum Gasteiger partial charge on any atom is 0.256 e. The molecule has 1 amide bonds. The van der Waals surface area contributed by atoms with Crippen LogP contribution in [0.5, 0.6) is 5.75 Å². The van der Waals surface area contributed by atoms with Crippen molar-refractivity contribution in [3.63, 3.8) is 0 Å². The molecular weight excluding hydrogens is 306 g/mol. The highest BCUT2D eigenvalue weighted by Gasteiger charge is 2.13. The fourth-order valence-corrected chi connectivity index (χ4v) is 2.46. The van der Waals surface area contributed by atoms with Gasteiger partial charge in [0.2, 0.25) is 5.43 Å². The second kappa shape index (κ2) is 6.95. The number of H-pyrrole nitrogens is 1. The lowest BCUT2D eigenvalue weighted by molar-refractivity contribution is 0.0953. The highest BCUT2D eigenvalue weighted by atomic mass is 16.5. The lowest BCUT2D eigenvalue weighted by atomic mass is 10.1. The number of hydrogen-bond acceptors (Lipinski definition) is 4. The van der Waals surface area contributed by atoms with Crippen LogP contribution in [0.4, 0.5) is 0 Å². The number of ether oxygens (including phenoxy) is 1. The van der Waals surface area contributed by atoms with E-state index in [1.807, 2.05) is 12.1 Å². The van der Waals surface area contributed by atoms with Crippen LogP contribution in [0, 0.1) is 0 Å². The van der Waals surface area contributed by atoms with Gasteiger partial charge in [0.05, 0.1) is 7.11 Å². The van der Waals surface area contributed by atoms with Crippen molar-refractivity contribution in [3.8, 4) is 5.75 Å². The van der Waals surface area contributed by atoms with Gasteiger partial charge >= 0.3 is 0 Å². The van der Waals surface area contributed by atoms with Crippen molar-refractivity contribution in [2.75, 3.05) is 13.7 Å². The van der Waals surface area contributed by atoms with E-state index < -0.39 is 5.91 Å². The van der Waals surface area contributed by atoms with E-state index in [4.69, 9.17) is 4.74 Å². The van der Waals surface area contributed by atoms with Gasteiger partial charge in [0.15, 0.2) is 0 Å². The maximum atomic E-state index is 12.5. The molecule has 0 bridgehead atoms. The van der Waals surface area contributed by atoms with Gasteiger partial charge in [-0.05, 0) is 42.3 Å². The molecule has 0 atom stereocenters. The highest BCUT2D eigenvalue weighted by Crippen LogP contribution is 2.16. The number of nitrogens with zero attached hydrogens (tertiary/aromatic N) is 1. The molecule has 2 heterocycles. The minimum atomic E-state index is -0.393. The van der Waals surface area contributed by atoms with E-state index in [0.29, 0.717) is 29.6 Å². The molecule has 6 nitrogen and oxygen atoms in total. The number of carbonyl (C=O) groups is 1. The molecule has 0 radical (unpaired) electrons. The zero-order chi connectivity index (χ0) is 16.9. The Morgan fingerprint density at radius 1 is 1.25 bits per heavy atom. The van der Waals surface area contributed by atoms with Gasteiger partial charge in [-0.25, -0.2) is 0 Å². The Morgan fingerprint density at radius 2 is 2.04 bits per heavy atom. The van der Waals surface area contributed by atoms with E-state index in [1.54, 1.807) is 30.6 Å². The third-order valence-electron chi connectivity index (χ3n) is 3.78. The number of amides is 1. The summed E-state index contributed by atoms with van der Waals surface area (Å²) in [6, 6.07) is 8.91. The van der Waals surface area contributed by atoms with Gasteiger partial charge in [-0.15, -0.1) is 0 Å². The Balaban J connectivity index is 1.77. The van der Waals surface area contributed by atoms with Crippen molar-refractivity contribution in [3.05, 3.63) is 70.3 Å². The average Bonchev–Trinajstić information content (AvgIpc) is 2.62. The molecule has 0 aliphatic carbocycles. The predicted octanol–water partition coefficient (Wildman–Crippen LogP) is 1.90. The summed E-state index contributed by atoms with van der Waals surface area (Å²) in [7, 11) is 1.53. The summed E-state index contributed by atoms with van der Waals surface area (Å²) in [5.74, 6) is 0.179. The fourth-order valence-electron chi connectivity index (χ4n) is 2.46.